The molecule has 0 N–H and O–H groups in total. The molecule has 0 radical (unpaired) electrons. The summed E-state index contributed by atoms with van der Waals surface area (Å²) in [5.74, 6) is 0.672. The van der Waals surface area contributed by atoms with E-state index in [0.29, 0.717) is 5.92 Å². The number of halogens is 1. The van der Waals surface area contributed by atoms with Gasteiger partial charge in [-0.3, -0.25) is 4.98 Å². The average molecular weight is 228 g/mol. The number of hydrogen-bond donors (Lipinski definition) is 0. The lowest BCUT2D eigenvalue weighted by molar-refractivity contribution is 0.634. The van der Waals surface area contributed by atoms with Crippen LogP contribution < -0.4 is 0 Å². The first-order chi connectivity index (χ1) is 5.58. The van der Waals surface area contributed by atoms with Crippen LogP contribution in [0, 0.1) is 12.8 Å². The molecule has 1 aromatic rings. The predicted molar refractivity (Wildman–Crippen MR) is 55.2 cm³/mol. The van der Waals surface area contributed by atoms with Crippen LogP contribution in [0.4, 0.5) is 0 Å². The Morgan fingerprint density at radius 2 is 2.08 bits per heavy atom. The fraction of sp³-hybridized carbons (Fsp3) is 0.500. The van der Waals surface area contributed by atoms with Gasteiger partial charge in [0.1, 0.15) is 0 Å². The maximum atomic E-state index is 4.44. The van der Waals surface area contributed by atoms with Crippen molar-refractivity contribution in [3.8, 4) is 0 Å². The predicted octanol–water partition coefficient (Wildman–Crippen LogP) is 3.35. The zero-order valence-electron chi connectivity index (χ0n) is 7.76. The van der Waals surface area contributed by atoms with Crippen LogP contribution in [0.3, 0.4) is 0 Å². The maximum absolute atomic E-state index is 4.44. The van der Waals surface area contributed by atoms with Crippen LogP contribution in [0.15, 0.2) is 16.6 Å². The molecule has 1 nitrogen and oxygen atoms in total. The molecule has 0 amide bonds. The molecule has 1 heterocycles. The normalized spacial score (nSPS) is 10.8. The van der Waals surface area contributed by atoms with Crippen molar-refractivity contribution in [2.24, 2.45) is 5.92 Å². The molecule has 2 heteroatoms. The Kier molecular flexibility index (Phi) is 3.27. The van der Waals surface area contributed by atoms with E-state index in [-0.39, 0.29) is 0 Å². The third-order valence-electron chi connectivity index (χ3n) is 1.59. The summed E-state index contributed by atoms with van der Waals surface area (Å²) >= 11 is 3.46. The molecule has 0 spiro atoms. The van der Waals surface area contributed by atoms with E-state index in [1.807, 2.05) is 13.0 Å². The summed E-state index contributed by atoms with van der Waals surface area (Å²) in [6.45, 7) is 6.43. The van der Waals surface area contributed by atoms with Gasteiger partial charge in [-0.05, 0) is 31.4 Å². The van der Waals surface area contributed by atoms with Crippen LogP contribution in [0.2, 0.25) is 0 Å². The first-order valence-electron chi connectivity index (χ1n) is 4.21. The lowest BCUT2D eigenvalue weighted by atomic mass is 10.1. The number of aryl methyl sites for hydroxylation is 1. The Hall–Kier alpha value is -0.370. The summed E-state index contributed by atoms with van der Waals surface area (Å²) in [5.41, 5.74) is 2.26. The van der Waals surface area contributed by atoms with Gasteiger partial charge in [0.15, 0.2) is 0 Å². The minimum absolute atomic E-state index is 0.672. The zero-order chi connectivity index (χ0) is 9.14. The van der Waals surface area contributed by atoms with Gasteiger partial charge in [-0.25, -0.2) is 0 Å². The van der Waals surface area contributed by atoms with Gasteiger partial charge in [0.05, 0.1) is 0 Å². The van der Waals surface area contributed by atoms with E-state index in [4.69, 9.17) is 0 Å². The summed E-state index contributed by atoms with van der Waals surface area (Å²) in [6, 6.07) is 4.12. The van der Waals surface area contributed by atoms with Crippen molar-refractivity contribution in [2.75, 3.05) is 0 Å². The number of pyridine rings is 1. The van der Waals surface area contributed by atoms with Crippen molar-refractivity contribution >= 4 is 15.9 Å². The van der Waals surface area contributed by atoms with Gasteiger partial charge in [0.2, 0.25) is 0 Å². The van der Waals surface area contributed by atoms with Crippen molar-refractivity contribution in [2.45, 2.75) is 27.2 Å². The van der Waals surface area contributed by atoms with Crippen molar-refractivity contribution in [1.82, 2.24) is 4.98 Å². The number of nitrogens with zero attached hydrogens (tertiary/aromatic N) is 1. The Bertz CT molecular complexity index is 248. The lowest BCUT2D eigenvalue weighted by Gasteiger charge is -2.05. The van der Waals surface area contributed by atoms with Crippen molar-refractivity contribution < 1.29 is 0 Å². The highest BCUT2D eigenvalue weighted by Gasteiger charge is 2.00. The molecule has 0 aliphatic rings. The Balaban J connectivity index is 2.85. The van der Waals surface area contributed by atoms with Crippen LogP contribution in [0.1, 0.15) is 25.2 Å². The summed E-state index contributed by atoms with van der Waals surface area (Å²) in [6.07, 6.45) is 1.06. The molecule has 1 aromatic heterocycles. The van der Waals surface area contributed by atoms with E-state index in [2.05, 4.69) is 40.8 Å². The average Bonchev–Trinajstić information content (AvgIpc) is 1.81. The van der Waals surface area contributed by atoms with E-state index in [0.717, 1.165) is 16.6 Å². The molecule has 0 atom stereocenters. The minimum atomic E-state index is 0.672. The lowest BCUT2D eigenvalue weighted by Crippen LogP contribution is -1.98. The highest BCUT2D eigenvalue weighted by atomic mass is 79.9. The van der Waals surface area contributed by atoms with E-state index < -0.39 is 0 Å². The molecule has 0 bridgehead atoms. The number of rotatable bonds is 2. The molecule has 0 aromatic carbocycles. The fourth-order valence-corrected chi connectivity index (χ4v) is 1.81. The summed E-state index contributed by atoms with van der Waals surface area (Å²) < 4.78 is 1.13. The van der Waals surface area contributed by atoms with E-state index in [9.17, 15) is 0 Å². The van der Waals surface area contributed by atoms with Gasteiger partial charge < -0.3 is 0 Å². The molecule has 0 aliphatic heterocycles. The van der Waals surface area contributed by atoms with Crippen LogP contribution >= 0.6 is 15.9 Å². The third-order valence-corrected chi connectivity index (χ3v) is 2.05. The second-order valence-electron chi connectivity index (χ2n) is 3.52. The zero-order valence-corrected chi connectivity index (χ0v) is 9.35. The van der Waals surface area contributed by atoms with Gasteiger partial charge in [0, 0.05) is 15.9 Å². The highest BCUT2D eigenvalue weighted by molar-refractivity contribution is 9.10. The topological polar surface area (TPSA) is 12.9 Å². The highest BCUT2D eigenvalue weighted by Crippen LogP contribution is 2.14. The van der Waals surface area contributed by atoms with Gasteiger partial charge in [-0.2, -0.15) is 0 Å². The monoisotopic (exact) mass is 227 g/mol. The van der Waals surface area contributed by atoms with E-state index >= 15 is 0 Å². The van der Waals surface area contributed by atoms with Gasteiger partial charge in [-0.15, -0.1) is 0 Å². The van der Waals surface area contributed by atoms with E-state index in [1.54, 1.807) is 0 Å². The Labute approximate surface area is 82.3 Å². The summed E-state index contributed by atoms with van der Waals surface area (Å²) in [4.78, 5) is 4.44. The second kappa shape index (κ2) is 4.04. The molecule has 12 heavy (non-hydrogen) atoms. The molecule has 0 aliphatic carbocycles. The molecule has 0 unspecified atom stereocenters. The quantitative estimate of drug-likeness (QED) is 0.756. The summed E-state index contributed by atoms with van der Waals surface area (Å²) in [7, 11) is 0. The first kappa shape index (κ1) is 9.72. The molecule has 1 rings (SSSR count). The smallest absolute Gasteiger partial charge is 0.0420 e. The maximum Gasteiger partial charge on any atom is 0.0420 e. The van der Waals surface area contributed by atoms with Gasteiger partial charge in [0.25, 0.3) is 0 Å². The van der Waals surface area contributed by atoms with Gasteiger partial charge in [-0.1, -0.05) is 29.8 Å². The number of hydrogen-bond acceptors (Lipinski definition) is 1. The standard InChI is InChI=1S/C10H14BrN/c1-7(2)4-10-6-9(11)5-8(3)12-10/h5-7H,4H2,1-3H3. The second-order valence-corrected chi connectivity index (χ2v) is 4.43. The molecule has 0 fully saturated rings. The van der Waals surface area contributed by atoms with E-state index in [1.165, 1.54) is 5.69 Å². The molecule has 66 valence electrons. The molecular weight excluding hydrogens is 214 g/mol. The Morgan fingerprint density at radius 1 is 1.42 bits per heavy atom. The largest absolute Gasteiger partial charge is 0.258 e. The van der Waals surface area contributed by atoms with Gasteiger partial charge >= 0.3 is 0 Å². The SMILES string of the molecule is Cc1cc(Br)cc(CC(C)C)n1. The molecule has 0 saturated heterocycles. The number of aromatic nitrogens is 1. The van der Waals surface area contributed by atoms with Crippen molar-refractivity contribution in [1.29, 1.82) is 0 Å². The molecule has 0 saturated carbocycles. The first-order valence-corrected chi connectivity index (χ1v) is 5.00. The van der Waals surface area contributed by atoms with Crippen molar-refractivity contribution in [3.63, 3.8) is 0 Å². The van der Waals surface area contributed by atoms with Crippen LogP contribution in [0.5, 0.6) is 0 Å². The van der Waals surface area contributed by atoms with Crippen LogP contribution in [-0.2, 0) is 6.42 Å². The van der Waals surface area contributed by atoms with Crippen LogP contribution in [0.25, 0.3) is 0 Å². The Morgan fingerprint density at radius 3 is 2.58 bits per heavy atom. The minimum Gasteiger partial charge on any atom is -0.258 e. The fourth-order valence-electron chi connectivity index (χ4n) is 1.21. The van der Waals surface area contributed by atoms with Crippen molar-refractivity contribution in [3.05, 3.63) is 28.0 Å². The molecular formula is C10H14BrN. The van der Waals surface area contributed by atoms with Crippen LogP contribution in [-0.4, -0.2) is 4.98 Å². The summed E-state index contributed by atoms with van der Waals surface area (Å²) in [5, 5.41) is 0. The third kappa shape index (κ3) is 2.94.